The first-order chi connectivity index (χ1) is 10.1. The molecule has 0 saturated heterocycles. The highest BCUT2D eigenvalue weighted by Gasteiger charge is 2.33. The van der Waals surface area contributed by atoms with E-state index in [9.17, 15) is 14.7 Å². The average molecular weight is 293 g/mol. The molecule has 0 aromatic carbocycles. The Kier molecular flexibility index (Phi) is 3.76. The number of nitrogens with zero attached hydrogens (tertiary/aromatic N) is 4. The van der Waals surface area contributed by atoms with Gasteiger partial charge in [0, 0.05) is 19.1 Å². The molecule has 1 aromatic rings. The topological polar surface area (TPSA) is 100 Å². The number of carbonyl (C=O) groups excluding carboxylic acids is 1. The van der Waals surface area contributed by atoms with Crippen molar-refractivity contribution in [3.8, 4) is 0 Å². The van der Waals surface area contributed by atoms with Gasteiger partial charge in [0.05, 0.1) is 12.5 Å². The van der Waals surface area contributed by atoms with E-state index in [2.05, 4.69) is 15.5 Å². The third-order valence-electron chi connectivity index (χ3n) is 4.32. The molecule has 1 aliphatic heterocycles. The molecule has 2 heterocycles. The minimum Gasteiger partial charge on any atom is -0.481 e. The number of aliphatic carboxylic acids is 1. The van der Waals surface area contributed by atoms with Gasteiger partial charge in [0.25, 0.3) is 0 Å². The number of nitrogens with one attached hydrogen (secondary N) is 1. The van der Waals surface area contributed by atoms with Gasteiger partial charge in [-0.25, -0.2) is 4.79 Å². The predicted molar refractivity (Wildman–Crippen MR) is 72.3 cm³/mol. The van der Waals surface area contributed by atoms with Gasteiger partial charge >= 0.3 is 12.0 Å². The van der Waals surface area contributed by atoms with E-state index in [1.54, 1.807) is 11.2 Å². The molecule has 2 N–H and O–H groups in total. The molecule has 0 radical (unpaired) electrons. The minimum absolute atomic E-state index is 0.206. The van der Waals surface area contributed by atoms with Gasteiger partial charge in [-0.2, -0.15) is 0 Å². The molecule has 21 heavy (non-hydrogen) atoms. The van der Waals surface area contributed by atoms with Crippen molar-refractivity contribution in [3.63, 3.8) is 0 Å². The smallest absolute Gasteiger partial charge is 0.318 e. The number of carboxylic acid groups (broad SMARTS) is 1. The van der Waals surface area contributed by atoms with Gasteiger partial charge < -0.3 is 19.9 Å². The molecule has 0 bridgehead atoms. The van der Waals surface area contributed by atoms with Crippen molar-refractivity contribution in [2.24, 2.45) is 5.92 Å². The molecule has 1 aliphatic carbocycles. The van der Waals surface area contributed by atoms with Crippen molar-refractivity contribution in [1.82, 2.24) is 25.0 Å². The van der Waals surface area contributed by atoms with E-state index >= 15 is 0 Å². The van der Waals surface area contributed by atoms with Crippen LogP contribution < -0.4 is 5.32 Å². The number of aromatic nitrogens is 3. The summed E-state index contributed by atoms with van der Waals surface area (Å²) in [5.74, 6) is -0.538. The Balaban J connectivity index is 1.62. The number of amides is 2. The summed E-state index contributed by atoms with van der Waals surface area (Å²) in [6, 6.07) is -0.481. The Bertz CT molecular complexity index is 544. The molecule has 0 spiro atoms. The summed E-state index contributed by atoms with van der Waals surface area (Å²) < 4.78 is 1.92. The number of carbonyl (C=O) groups is 2. The van der Waals surface area contributed by atoms with Gasteiger partial charge in [-0.05, 0) is 12.8 Å². The normalized spacial score (nSPS) is 25.2. The molecule has 1 aromatic heterocycles. The molecule has 2 unspecified atom stereocenters. The second kappa shape index (κ2) is 5.71. The zero-order valence-corrected chi connectivity index (χ0v) is 11.7. The van der Waals surface area contributed by atoms with E-state index < -0.39 is 11.9 Å². The standard InChI is InChI=1S/C13H19N5O3/c19-12(20)9-3-1-2-4-10(9)15-13(21)17-5-6-18-8-14-16-11(18)7-17/h8-10H,1-7H2,(H,15,21)(H,19,20). The van der Waals surface area contributed by atoms with Crippen LogP contribution in [0.15, 0.2) is 6.33 Å². The Labute approximate surface area is 122 Å². The summed E-state index contributed by atoms with van der Waals surface area (Å²) in [5.41, 5.74) is 0. The second-order valence-corrected chi connectivity index (χ2v) is 5.65. The van der Waals surface area contributed by atoms with Crippen molar-refractivity contribution >= 4 is 12.0 Å². The Morgan fingerprint density at radius 2 is 2.10 bits per heavy atom. The first-order valence-electron chi connectivity index (χ1n) is 7.30. The van der Waals surface area contributed by atoms with Gasteiger partial charge in [-0.3, -0.25) is 4.79 Å². The van der Waals surface area contributed by atoms with E-state index in [0.717, 1.165) is 25.1 Å². The molecule has 2 amide bonds. The lowest BCUT2D eigenvalue weighted by molar-refractivity contribution is -0.143. The van der Waals surface area contributed by atoms with Crippen LogP contribution in [-0.4, -0.2) is 49.4 Å². The summed E-state index contributed by atoms with van der Waals surface area (Å²) in [6.45, 7) is 1.67. The van der Waals surface area contributed by atoms with Crippen LogP contribution in [0.3, 0.4) is 0 Å². The van der Waals surface area contributed by atoms with Crippen LogP contribution in [0.1, 0.15) is 31.5 Å². The molecule has 2 aliphatic rings. The predicted octanol–water partition coefficient (Wildman–Crippen LogP) is 0.447. The molecule has 2 atom stereocenters. The highest BCUT2D eigenvalue weighted by molar-refractivity contribution is 5.77. The summed E-state index contributed by atoms with van der Waals surface area (Å²) in [6.07, 6.45) is 4.90. The van der Waals surface area contributed by atoms with Crippen molar-refractivity contribution in [2.45, 2.75) is 44.8 Å². The lowest BCUT2D eigenvalue weighted by atomic mass is 9.84. The quantitative estimate of drug-likeness (QED) is 0.824. The Hall–Kier alpha value is -2.12. The molecule has 114 valence electrons. The van der Waals surface area contributed by atoms with Crippen molar-refractivity contribution < 1.29 is 14.7 Å². The largest absolute Gasteiger partial charge is 0.481 e. The van der Waals surface area contributed by atoms with E-state index in [1.165, 1.54) is 0 Å². The van der Waals surface area contributed by atoms with Crippen LogP contribution in [0.25, 0.3) is 0 Å². The first kappa shape index (κ1) is 13.8. The Morgan fingerprint density at radius 1 is 1.29 bits per heavy atom. The summed E-state index contributed by atoms with van der Waals surface area (Å²) in [4.78, 5) is 25.3. The molecule has 8 heteroatoms. The molecule has 8 nitrogen and oxygen atoms in total. The molecule has 1 fully saturated rings. The van der Waals surface area contributed by atoms with E-state index in [4.69, 9.17) is 0 Å². The van der Waals surface area contributed by atoms with E-state index in [1.807, 2.05) is 4.57 Å². The van der Waals surface area contributed by atoms with Gasteiger partial charge in [-0.15, -0.1) is 10.2 Å². The zero-order chi connectivity index (χ0) is 14.8. The van der Waals surface area contributed by atoms with Crippen LogP contribution in [-0.2, 0) is 17.9 Å². The number of rotatable bonds is 2. The van der Waals surface area contributed by atoms with Gasteiger partial charge in [0.15, 0.2) is 5.82 Å². The van der Waals surface area contributed by atoms with Crippen molar-refractivity contribution in [1.29, 1.82) is 0 Å². The van der Waals surface area contributed by atoms with Crippen LogP contribution in [0.5, 0.6) is 0 Å². The summed E-state index contributed by atoms with van der Waals surface area (Å²) in [5, 5.41) is 19.9. The van der Waals surface area contributed by atoms with E-state index in [-0.39, 0.29) is 12.1 Å². The maximum absolute atomic E-state index is 12.3. The maximum atomic E-state index is 12.3. The third kappa shape index (κ3) is 2.84. The molecule has 1 saturated carbocycles. The van der Waals surface area contributed by atoms with E-state index in [0.29, 0.717) is 26.1 Å². The molecular weight excluding hydrogens is 274 g/mol. The highest BCUT2D eigenvalue weighted by atomic mass is 16.4. The fourth-order valence-corrected chi connectivity index (χ4v) is 3.09. The van der Waals surface area contributed by atoms with Crippen LogP contribution in [0.4, 0.5) is 4.79 Å². The average Bonchev–Trinajstić information content (AvgIpc) is 2.94. The van der Waals surface area contributed by atoms with Crippen molar-refractivity contribution in [3.05, 3.63) is 12.2 Å². The van der Waals surface area contributed by atoms with Gasteiger partial charge in [0.2, 0.25) is 0 Å². The van der Waals surface area contributed by atoms with Crippen molar-refractivity contribution in [2.75, 3.05) is 6.54 Å². The highest BCUT2D eigenvalue weighted by Crippen LogP contribution is 2.25. The number of fused-ring (bicyclic) bond motifs is 1. The SMILES string of the molecule is O=C(O)C1CCCCC1NC(=O)N1CCn2cnnc2C1. The lowest BCUT2D eigenvalue weighted by Crippen LogP contribution is -2.51. The lowest BCUT2D eigenvalue weighted by Gasteiger charge is -2.33. The Morgan fingerprint density at radius 3 is 2.90 bits per heavy atom. The number of urea groups is 1. The number of hydrogen-bond donors (Lipinski definition) is 2. The van der Waals surface area contributed by atoms with Gasteiger partial charge in [0.1, 0.15) is 6.33 Å². The van der Waals surface area contributed by atoms with Crippen LogP contribution in [0.2, 0.25) is 0 Å². The summed E-state index contributed by atoms with van der Waals surface area (Å²) >= 11 is 0. The summed E-state index contributed by atoms with van der Waals surface area (Å²) in [7, 11) is 0. The number of carboxylic acids is 1. The van der Waals surface area contributed by atoms with Crippen LogP contribution >= 0.6 is 0 Å². The third-order valence-corrected chi connectivity index (χ3v) is 4.32. The molecular formula is C13H19N5O3. The van der Waals surface area contributed by atoms with Crippen LogP contribution in [0, 0.1) is 5.92 Å². The second-order valence-electron chi connectivity index (χ2n) is 5.65. The monoisotopic (exact) mass is 293 g/mol. The maximum Gasteiger partial charge on any atom is 0.318 e. The minimum atomic E-state index is -0.821. The fourth-order valence-electron chi connectivity index (χ4n) is 3.09. The molecule has 3 rings (SSSR count). The number of hydrogen-bond acceptors (Lipinski definition) is 4. The van der Waals surface area contributed by atoms with Gasteiger partial charge in [-0.1, -0.05) is 12.8 Å². The first-order valence-corrected chi connectivity index (χ1v) is 7.30. The zero-order valence-electron chi connectivity index (χ0n) is 11.7. The fraction of sp³-hybridized carbons (Fsp3) is 0.692.